The summed E-state index contributed by atoms with van der Waals surface area (Å²) in [4.78, 5) is 29.4. The highest BCUT2D eigenvalue weighted by atomic mass is 16.6. The van der Waals surface area contributed by atoms with Crippen LogP contribution < -0.4 is 4.90 Å². The molecule has 0 saturated carbocycles. The summed E-state index contributed by atoms with van der Waals surface area (Å²) in [5.74, 6) is -0.0237. The molecule has 6 heteroatoms. The van der Waals surface area contributed by atoms with E-state index in [9.17, 15) is 14.9 Å². The Labute approximate surface area is 144 Å². The van der Waals surface area contributed by atoms with Gasteiger partial charge in [0.2, 0.25) is 0 Å². The molecule has 0 spiro atoms. The van der Waals surface area contributed by atoms with Crippen molar-refractivity contribution in [1.29, 1.82) is 0 Å². The average molecular weight is 333 g/mol. The van der Waals surface area contributed by atoms with Gasteiger partial charge in [-0.05, 0) is 23.8 Å². The van der Waals surface area contributed by atoms with Gasteiger partial charge in [-0.3, -0.25) is 19.8 Å². The number of rotatable bonds is 5. The van der Waals surface area contributed by atoms with Crippen molar-refractivity contribution in [2.24, 2.45) is 0 Å². The van der Waals surface area contributed by atoms with Crippen LogP contribution in [0.15, 0.2) is 79.0 Å². The standard InChI is InChI=1S/C19H15N3O3/c23-19(16-10-4-5-11-17(16)22(24)25)21(18-12-6-7-13-20-18)14-15-8-2-1-3-9-15/h1-13H,14H2. The SMILES string of the molecule is O=C(c1ccccc1[N+](=O)[O-])N(Cc1ccccc1)c1ccccn1. The molecule has 1 amide bonds. The van der Waals surface area contributed by atoms with Crippen molar-refractivity contribution < 1.29 is 9.72 Å². The molecule has 3 aromatic rings. The Morgan fingerprint density at radius 3 is 2.32 bits per heavy atom. The number of anilines is 1. The van der Waals surface area contributed by atoms with Crippen LogP contribution in [-0.4, -0.2) is 15.8 Å². The van der Waals surface area contributed by atoms with E-state index in [0.717, 1.165) is 5.56 Å². The van der Waals surface area contributed by atoms with Crippen molar-refractivity contribution >= 4 is 17.4 Å². The maximum Gasteiger partial charge on any atom is 0.282 e. The van der Waals surface area contributed by atoms with Crippen LogP contribution in [0.25, 0.3) is 0 Å². The lowest BCUT2D eigenvalue weighted by Crippen LogP contribution is -2.31. The summed E-state index contributed by atoms with van der Waals surface area (Å²) < 4.78 is 0. The molecule has 6 nitrogen and oxygen atoms in total. The van der Waals surface area contributed by atoms with Crippen LogP contribution in [0, 0.1) is 10.1 Å². The van der Waals surface area contributed by atoms with Gasteiger partial charge in [0.15, 0.2) is 0 Å². The summed E-state index contributed by atoms with van der Waals surface area (Å²) in [5, 5.41) is 11.3. The van der Waals surface area contributed by atoms with Crippen molar-refractivity contribution in [3.05, 3.63) is 100 Å². The van der Waals surface area contributed by atoms with Crippen molar-refractivity contribution in [1.82, 2.24) is 4.98 Å². The highest BCUT2D eigenvalue weighted by Crippen LogP contribution is 2.23. The molecule has 0 radical (unpaired) electrons. The summed E-state index contributed by atoms with van der Waals surface area (Å²) >= 11 is 0. The molecule has 0 aliphatic rings. The predicted octanol–water partition coefficient (Wildman–Crippen LogP) is 3.84. The van der Waals surface area contributed by atoms with Crippen LogP contribution in [0.3, 0.4) is 0 Å². The van der Waals surface area contributed by atoms with Crippen LogP contribution in [0.2, 0.25) is 0 Å². The molecule has 0 saturated heterocycles. The molecule has 3 rings (SSSR count). The number of nitro benzene ring substituents is 1. The van der Waals surface area contributed by atoms with E-state index in [1.807, 2.05) is 30.3 Å². The zero-order valence-corrected chi connectivity index (χ0v) is 13.3. The fourth-order valence-electron chi connectivity index (χ4n) is 2.50. The molecule has 0 bridgehead atoms. The van der Waals surface area contributed by atoms with Crippen molar-refractivity contribution in [3.8, 4) is 0 Å². The smallest absolute Gasteiger partial charge is 0.282 e. The van der Waals surface area contributed by atoms with E-state index in [0.29, 0.717) is 5.82 Å². The Hall–Kier alpha value is -3.54. The van der Waals surface area contributed by atoms with Gasteiger partial charge in [0, 0.05) is 12.3 Å². The minimum Gasteiger partial charge on any atom is -0.288 e. The summed E-state index contributed by atoms with van der Waals surface area (Å²) in [6, 6.07) is 20.6. The third-order valence-electron chi connectivity index (χ3n) is 3.69. The number of nitrogens with zero attached hydrogens (tertiary/aromatic N) is 3. The molecule has 0 aliphatic carbocycles. The van der Waals surface area contributed by atoms with E-state index in [-0.39, 0.29) is 17.8 Å². The fourth-order valence-corrected chi connectivity index (χ4v) is 2.50. The molecular formula is C19H15N3O3. The number of hydrogen-bond donors (Lipinski definition) is 0. The fraction of sp³-hybridized carbons (Fsp3) is 0.0526. The topological polar surface area (TPSA) is 76.3 Å². The van der Waals surface area contributed by atoms with Gasteiger partial charge in [-0.25, -0.2) is 4.98 Å². The molecule has 0 N–H and O–H groups in total. The molecule has 1 aromatic heterocycles. The Morgan fingerprint density at radius 1 is 0.960 bits per heavy atom. The first-order valence-electron chi connectivity index (χ1n) is 7.67. The second-order valence-electron chi connectivity index (χ2n) is 5.34. The number of benzene rings is 2. The van der Waals surface area contributed by atoms with Crippen molar-refractivity contribution in [3.63, 3.8) is 0 Å². The van der Waals surface area contributed by atoms with Crippen molar-refractivity contribution in [2.75, 3.05) is 4.90 Å². The molecular weight excluding hydrogens is 318 g/mol. The second-order valence-corrected chi connectivity index (χ2v) is 5.34. The number of aromatic nitrogens is 1. The van der Waals surface area contributed by atoms with Crippen LogP contribution in [-0.2, 0) is 6.54 Å². The molecule has 124 valence electrons. The van der Waals surface area contributed by atoms with E-state index in [4.69, 9.17) is 0 Å². The van der Waals surface area contributed by atoms with Gasteiger partial charge in [0.1, 0.15) is 11.4 Å². The van der Waals surface area contributed by atoms with E-state index in [2.05, 4.69) is 4.98 Å². The third kappa shape index (κ3) is 3.69. The number of carbonyl (C=O) groups excluding carboxylic acids is 1. The van der Waals surface area contributed by atoms with Crippen LogP contribution in [0.1, 0.15) is 15.9 Å². The molecule has 0 atom stereocenters. The lowest BCUT2D eigenvalue weighted by molar-refractivity contribution is -0.385. The van der Waals surface area contributed by atoms with Gasteiger partial charge in [0.05, 0.1) is 11.5 Å². The number of hydrogen-bond acceptors (Lipinski definition) is 4. The number of para-hydroxylation sites is 1. The number of carbonyl (C=O) groups is 1. The molecule has 1 heterocycles. The largest absolute Gasteiger partial charge is 0.288 e. The van der Waals surface area contributed by atoms with Crippen LogP contribution >= 0.6 is 0 Å². The van der Waals surface area contributed by atoms with E-state index in [1.54, 1.807) is 30.5 Å². The summed E-state index contributed by atoms with van der Waals surface area (Å²) in [7, 11) is 0. The maximum absolute atomic E-state index is 13.1. The third-order valence-corrected chi connectivity index (χ3v) is 3.69. The zero-order valence-electron chi connectivity index (χ0n) is 13.3. The second kappa shape index (κ2) is 7.35. The average Bonchev–Trinajstić information content (AvgIpc) is 2.67. The van der Waals surface area contributed by atoms with Gasteiger partial charge in [-0.15, -0.1) is 0 Å². The highest BCUT2D eigenvalue weighted by Gasteiger charge is 2.26. The van der Waals surface area contributed by atoms with Crippen LogP contribution in [0.5, 0.6) is 0 Å². The van der Waals surface area contributed by atoms with E-state index in [1.165, 1.54) is 23.1 Å². The summed E-state index contributed by atoms with van der Waals surface area (Å²) in [6.07, 6.45) is 1.58. The molecule has 0 fully saturated rings. The summed E-state index contributed by atoms with van der Waals surface area (Å²) in [5.41, 5.74) is 0.718. The van der Waals surface area contributed by atoms with E-state index < -0.39 is 10.8 Å². The molecule has 25 heavy (non-hydrogen) atoms. The first kappa shape index (κ1) is 16.3. The zero-order chi connectivity index (χ0) is 17.6. The maximum atomic E-state index is 13.1. The van der Waals surface area contributed by atoms with Gasteiger partial charge in [-0.1, -0.05) is 48.5 Å². The van der Waals surface area contributed by atoms with Gasteiger partial charge >= 0.3 is 0 Å². The van der Waals surface area contributed by atoms with Crippen LogP contribution in [0.4, 0.5) is 11.5 Å². The molecule has 2 aromatic carbocycles. The Kier molecular flexibility index (Phi) is 4.80. The predicted molar refractivity (Wildman–Crippen MR) is 94.3 cm³/mol. The number of nitro groups is 1. The van der Waals surface area contributed by atoms with Gasteiger partial charge < -0.3 is 0 Å². The number of pyridine rings is 1. The Bertz CT molecular complexity index is 883. The van der Waals surface area contributed by atoms with Gasteiger partial charge in [-0.2, -0.15) is 0 Å². The quantitative estimate of drug-likeness (QED) is 0.525. The summed E-state index contributed by atoms with van der Waals surface area (Å²) in [6.45, 7) is 0.267. The minimum absolute atomic E-state index is 0.0362. The monoisotopic (exact) mass is 333 g/mol. The lowest BCUT2D eigenvalue weighted by atomic mass is 10.1. The van der Waals surface area contributed by atoms with Crippen molar-refractivity contribution in [2.45, 2.75) is 6.54 Å². The van der Waals surface area contributed by atoms with E-state index >= 15 is 0 Å². The lowest BCUT2D eigenvalue weighted by Gasteiger charge is -2.22. The highest BCUT2D eigenvalue weighted by molar-refractivity contribution is 6.08. The first-order chi connectivity index (χ1) is 12.2. The van der Waals surface area contributed by atoms with Gasteiger partial charge in [0.25, 0.3) is 11.6 Å². The Balaban J connectivity index is 2.03. The Morgan fingerprint density at radius 2 is 1.64 bits per heavy atom. The molecule has 0 aliphatic heterocycles. The minimum atomic E-state index is -0.549. The molecule has 0 unspecified atom stereocenters. The number of amides is 1. The normalized spacial score (nSPS) is 10.2. The first-order valence-corrected chi connectivity index (χ1v) is 7.67.